The van der Waals surface area contributed by atoms with E-state index < -0.39 is 11.8 Å². The maximum Gasteiger partial charge on any atom is 0.262 e. The normalized spacial score (nSPS) is 16.8. The Balaban J connectivity index is 1.51. The Morgan fingerprint density at radius 1 is 0.882 bits per heavy atom. The minimum absolute atomic E-state index is 0.288. The third-order valence-corrected chi connectivity index (χ3v) is 6.48. The smallest absolute Gasteiger partial charge is 0.262 e. The Kier molecular flexibility index (Phi) is 5.53. The van der Waals surface area contributed by atoms with E-state index in [-0.39, 0.29) is 18.5 Å². The second kappa shape index (κ2) is 8.67. The summed E-state index contributed by atoms with van der Waals surface area (Å²) in [6.07, 6.45) is 0.618. The zero-order valence-corrected chi connectivity index (χ0v) is 19.0. The quantitative estimate of drug-likeness (QED) is 0.550. The number of benzene rings is 3. The van der Waals surface area contributed by atoms with Crippen LogP contribution in [-0.2, 0) is 11.2 Å². The summed E-state index contributed by atoms with van der Waals surface area (Å²) >= 11 is 0. The first kappa shape index (κ1) is 21.7. The number of rotatable bonds is 5. The van der Waals surface area contributed by atoms with Gasteiger partial charge in [-0.05, 0) is 47.4 Å². The van der Waals surface area contributed by atoms with E-state index in [4.69, 9.17) is 9.47 Å². The van der Waals surface area contributed by atoms with Crippen molar-refractivity contribution in [3.05, 3.63) is 94.5 Å². The number of fused-ring (bicyclic) bond motifs is 2. The van der Waals surface area contributed by atoms with Gasteiger partial charge in [0.05, 0.1) is 31.4 Å². The monoisotopic (exact) mass is 456 g/mol. The van der Waals surface area contributed by atoms with Gasteiger partial charge in [-0.3, -0.25) is 19.3 Å². The first-order valence-electron chi connectivity index (χ1n) is 11.1. The Labute approximate surface area is 197 Å². The number of carbonyl (C=O) groups excluding carboxylic acids is 3. The van der Waals surface area contributed by atoms with Crippen molar-refractivity contribution in [2.24, 2.45) is 0 Å². The minimum atomic E-state index is -0.436. The van der Waals surface area contributed by atoms with Crippen LogP contribution in [-0.4, -0.2) is 54.8 Å². The van der Waals surface area contributed by atoms with Gasteiger partial charge in [-0.1, -0.05) is 42.5 Å². The molecule has 0 N–H and O–H groups in total. The molecule has 0 bridgehead atoms. The molecular formula is C27H24N2O5. The SMILES string of the molecule is COc1cc2c(cc1OC)[C@@H](c1ccccc1)N(C(=O)CN1C(=O)c3ccccc3C1=O)CC2. The average Bonchev–Trinajstić information content (AvgIpc) is 3.12. The highest BCUT2D eigenvalue weighted by atomic mass is 16.5. The Morgan fingerprint density at radius 3 is 2.09 bits per heavy atom. The van der Waals surface area contributed by atoms with Gasteiger partial charge in [0.2, 0.25) is 5.91 Å². The molecule has 3 aromatic carbocycles. The lowest BCUT2D eigenvalue weighted by molar-refractivity contribution is -0.133. The molecular weight excluding hydrogens is 432 g/mol. The summed E-state index contributed by atoms with van der Waals surface area (Å²) in [7, 11) is 3.18. The Bertz CT molecular complexity index is 1250. The molecule has 7 nitrogen and oxygen atoms in total. The maximum atomic E-state index is 13.6. The van der Waals surface area contributed by atoms with Crippen LogP contribution in [0.15, 0.2) is 66.7 Å². The Morgan fingerprint density at radius 2 is 1.47 bits per heavy atom. The van der Waals surface area contributed by atoms with Crippen LogP contribution >= 0.6 is 0 Å². The molecule has 0 saturated heterocycles. The molecule has 0 unspecified atom stereocenters. The molecule has 7 heteroatoms. The number of carbonyl (C=O) groups is 3. The molecule has 34 heavy (non-hydrogen) atoms. The lowest BCUT2D eigenvalue weighted by atomic mass is 9.87. The van der Waals surface area contributed by atoms with Gasteiger partial charge in [0.15, 0.2) is 11.5 Å². The molecule has 2 heterocycles. The zero-order valence-electron chi connectivity index (χ0n) is 19.0. The highest BCUT2D eigenvalue weighted by molar-refractivity contribution is 6.22. The lowest BCUT2D eigenvalue weighted by Crippen LogP contribution is -2.47. The molecule has 5 rings (SSSR count). The van der Waals surface area contributed by atoms with Crippen LogP contribution in [0.2, 0.25) is 0 Å². The summed E-state index contributed by atoms with van der Waals surface area (Å²) in [4.78, 5) is 42.0. The molecule has 1 atom stereocenters. The highest BCUT2D eigenvalue weighted by Crippen LogP contribution is 2.41. The van der Waals surface area contributed by atoms with Gasteiger partial charge in [0, 0.05) is 6.54 Å². The molecule has 0 aromatic heterocycles. The van der Waals surface area contributed by atoms with Crippen molar-refractivity contribution in [2.45, 2.75) is 12.5 Å². The van der Waals surface area contributed by atoms with Crippen LogP contribution in [0, 0.1) is 0 Å². The number of ether oxygens (including phenoxy) is 2. The van der Waals surface area contributed by atoms with Gasteiger partial charge in [0.1, 0.15) is 6.54 Å². The largest absolute Gasteiger partial charge is 0.493 e. The van der Waals surface area contributed by atoms with E-state index >= 15 is 0 Å². The fourth-order valence-electron chi connectivity index (χ4n) is 4.82. The molecule has 0 saturated carbocycles. The van der Waals surface area contributed by atoms with Crippen LogP contribution in [0.25, 0.3) is 0 Å². The van der Waals surface area contributed by atoms with E-state index in [0.717, 1.165) is 21.6 Å². The van der Waals surface area contributed by atoms with Crippen molar-refractivity contribution < 1.29 is 23.9 Å². The fourth-order valence-corrected chi connectivity index (χ4v) is 4.82. The first-order chi connectivity index (χ1) is 16.5. The van der Waals surface area contributed by atoms with Crippen LogP contribution < -0.4 is 9.47 Å². The molecule has 0 radical (unpaired) electrons. The lowest BCUT2D eigenvalue weighted by Gasteiger charge is -2.38. The average molecular weight is 456 g/mol. The van der Waals surface area contributed by atoms with Crippen molar-refractivity contribution >= 4 is 17.7 Å². The number of methoxy groups -OCH3 is 2. The van der Waals surface area contributed by atoms with Crippen molar-refractivity contribution in [1.82, 2.24) is 9.80 Å². The van der Waals surface area contributed by atoms with E-state index in [1.54, 1.807) is 43.4 Å². The molecule has 0 fully saturated rings. The van der Waals surface area contributed by atoms with E-state index in [0.29, 0.717) is 35.6 Å². The summed E-state index contributed by atoms with van der Waals surface area (Å²) in [6, 6.07) is 19.9. The van der Waals surface area contributed by atoms with Crippen LogP contribution in [0.5, 0.6) is 11.5 Å². The van der Waals surface area contributed by atoms with Gasteiger partial charge < -0.3 is 14.4 Å². The minimum Gasteiger partial charge on any atom is -0.493 e. The highest BCUT2D eigenvalue weighted by Gasteiger charge is 2.39. The van der Waals surface area contributed by atoms with Crippen molar-refractivity contribution in [2.75, 3.05) is 27.3 Å². The number of nitrogens with zero attached hydrogens (tertiary/aromatic N) is 2. The topological polar surface area (TPSA) is 76.2 Å². The van der Waals surface area contributed by atoms with Crippen molar-refractivity contribution in [3.8, 4) is 11.5 Å². The molecule has 3 amide bonds. The van der Waals surface area contributed by atoms with Gasteiger partial charge in [-0.15, -0.1) is 0 Å². The third kappa shape index (κ3) is 3.50. The van der Waals surface area contributed by atoms with Crippen LogP contribution in [0.3, 0.4) is 0 Å². The first-order valence-corrected chi connectivity index (χ1v) is 11.1. The third-order valence-electron chi connectivity index (χ3n) is 6.48. The van der Waals surface area contributed by atoms with Crippen LogP contribution in [0.4, 0.5) is 0 Å². The number of hydrogen-bond acceptors (Lipinski definition) is 5. The van der Waals surface area contributed by atoms with E-state index in [1.807, 2.05) is 42.5 Å². The fraction of sp³-hybridized carbons (Fsp3) is 0.222. The molecule has 2 aliphatic rings. The second-order valence-corrected chi connectivity index (χ2v) is 8.30. The number of hydrogen-bond donors (Lipinski definition) is 0. The predicted octanol–water partition coefficient (Wildman–Crippen LogP) is 3.47. The van der Waals surface area contributed by atoms with E-state index in [2.05, 4.69) is 0 Å². The van der Waals surface area contributed by atoms with Crippen molar-refractivity contribution in [1.29, 1.82) is 0 Å². The summed E-state index contributed by atoms with van der Waals surface area (Å²) in [5.74, 6) is 0.0579. The summed E-state index contributed by atoms with van der Waals surface area (Å²) in [6.45, 7) is 0.141. The van der Waals surface area contributed by atoms with E-state index in [9.17, 15) is 14.4 Å². The standard InChI is InChI=1S/C27H24N2O5/c1-33-22-14-18-12-13-28(25(17-8-4-3-5-9-17)21(18)15-23(22)34-2)24(30)16-29-26(31)19-10-6-7-11-20(19)27(29)32/h3-11,14-15,25H,12-13,16H2,1-2H3/t25-/m1/s1. The second-order valence-electron chi connectivity index (χ2n) is 8.30. The van der Waals surface area contributed by atoms with Gasteiger partial charge in [0.25, 0.3) is 11.8 Å². The van der Waals surface area contributed by atoms with Crippen LogP contribution in [0.1, 0.15) is 43.4 Å². The predicted molar refractivity (Wildman–Crippen MR) is 125 cm³/mol. The van der Waals surface area contributed by atoms with Crippen molar-refractivity contribution in [3.63, 3.8) is 0 Å². The number of amides is 3. The maximum absolute atomic E-state index is 13.6. The zero-order chi connectivity index (χ0) is 23.8. The summed E-state index contributed by atoms with van der Waals surface area (Å²) < 4.78 is 11.0. The molecule has 0 spiro atoms. The molecule has 2 aliphatic heterocycles. The molecule has 0 aliphatic carbocycles. The summed E-state index contributed by atoms with van der Waals surface area (Å²) in [5, 5.41) is 0. The van der Waals surface area contributed by atoms with Gasteiger partial charge in [-0.25, -0.2) is 0 Å². The summed E-state index contributed by atoms with van der Waals surface area (Å²) in [5.41, 5.74) is 3.61. The van der Waals surface area contributed by atoms with Gasteiger partial charge >= 0.3 is 0 Å². The van der Waals surface area contributed by atoms with E-state index in [1.165, 1.54) is 0 Å². The Hall–Kier alpha value is -4.13. The number of imide groups is 1. The van der Waals surface area contributed by atoms with Gasteiger partial charge in [-0.2, -0.15) is 0 Å². The molecule has 3 aromatic rings. The molecule has 172 valence electrons.